The van der Waals surface area contributed by atoms with Crippen molar-refractivity contribution in [3.8, 4) is 5.69 Å². The van der Waals surface area contributed by atoms with Crippen LogP contribution >= 0.6 is 0 Å². The fourth-order valence-corrected chi connectivity index (χ4v) is 4.76. The molecule has 8 nitrogen and oxygen atoms in total. The van der Waals surface area contributed by atoms with E-state index in [9.17, 15) is 46.1 Å². The van der Waals surface area contributed by atoms with Gasteiger partial charge in [0.15, 0.2) is 17.3 Å². The van der Waals surface area contributed by atoms with Crippen molar-refractivity contribution in [1.82, 2.24) is 14.9 Å². The summed E-state index contributed by atoms with van der Waals surface area (Å²) in [5, 5.41) is 20.6. The zero-order chi connectivity index (χ0) is 28.3. The third kappa shape index (κ3) is 4.82. The molecule has 1 amide bonds. The first-order valence-corrected chi connectivity index (χ1v) is 11.9. The van der Waals surface area contributed by atoms with E-state index in [0.717, 1.165) is 0 Å². The molecule has 39 heavy (non-hydrogen) atoms. The lowest BCUT2D eigenvalue weighted by Crippen LogP contribution is -2.60. The summed E-state index contributed by atoms with van der Waals surface area (Å²) in [4.78, 5) is 32.1. The van der Waals surface area contributed by atoms with E-state index in [1.165, 1.54) is 12.1 Å². The molecular formula is C25H22F6N4O4. The molecule has 3 heterocycles. The van der Waals surface area contributed by atoms with Crippen LogP contribution in [0.4, 0.5) is 32.2 Å². The van der Waals surface area contributed by atoms with E-state index >= 15 is 0 Å². The molecule has 1 aliphatic carbocycles. The van der Waals surface area contributed by atoms with Crippen molar-refractivity contribution in [3.63, 3.8) is 0 Å². The van der Waals surface area contributed by atoms with E-state index in [-0.39, 0.29) is 56.0 Å². The largest absolute Gasteiger partial charge is 0.408 e. The van der Waals surface area contributed by atoms with Gasteiger partial charge in [0.25, 0.3) is 5.91 Å². The number of nitrogens with zero attached hydrogens (tertiary/aromatic N) is 3. The first-order chi connectivity index (χ1) is 18.4. The molecule has 0 bridgehead atoms. The number of anilines is 1. The summed E-state index contributed by atoms with van der Waals surface area (Å²) >= 11 is 0. The lowest BCUT2D eigenvalue weighted by atomic mass is 9.81. The van der Waals surface area contributed by atoms with Crippen molar-refractivity contribution in [2.75, 3.05) is 31.2 Å². The molecule has 1 saturated carbocycles. The number of nitrogens with one attached hydrogen (secondary N) is 1. The highest BCUT2D eigenvalue weighted by Crippen LogP contribution is 2.40. The second kappa shape index (κ2) is 9.52. The van der Waals surface area contributed by atoms with Gasteiger partial charge in [0.1, 0.15) is 28.9 Å². The number of pyridine rings is 2. The fourth-order valence-electron chi connectivity index (χ4n) is 4.76. The highest BCUT2D eigenvalue weighted by atomic mass is 19.4. The predicted octanol–water partition coefficient (Wildman–Crippen LogP) is 2.66. The molecule has 5 rings (SSSR count). The molecule has 3 aromatic rings. The van der Waals surface area contributed by atoms with E-state index < -0.39 is 63.6 Å². The van der Waals surface area contributed by atoms with Crippen LogP contribution in [0, 0.1) is 28.8 Å². The van der Waals surface area contributed by atoms with Crippen LogP contribution in [0.1, 0.15) is 23.2 Å². The van der Waals surface area contributed by atoms with Crippen LogP contribution in [0.5, 0.6) is 0 Å². The fraction of sp³-hybridized carbons (Fsp3) is 0.400. The Morgan fingerprint density at radius 3 is 2.26 bits per heavy atom. The van der Waals surface area contributed by atoms with Gasteiger partial charge in [-0.3, -0.25) is 14.2 Å². The molecule has 2 aliphatic rings. The van der Waals surface area contributed by atoms with Gasteiger partial charge < -0.3 is 20.4 Å². The summed E-state index contributed by atoms with van der Waals surface area (Å²) in [5.74, 6) is -6.12. The quantitative estimate of drug-likeness (QED) is 0.387. The summed E-state index contributed by atoms with van der Waals surface area (Å²) < 4.78 is 84.6. The normalized spacial score (nSPS) is 17.7. The van der Waals surface area contributed by atoms with Gasteiger partial charge in [-0.25, -0.2) is 18.2 Å². The molecule has 1 aromatic carbocycles. The molecular weight excluding hydrogens is 534 g/mol. The minimum atomic E-state index is -4.78. The molecule has 1 atom stereocenters. The monoisotopic (exact) mass is 556 g/mol. The Morgan fingerprint density at radius 1 is 1.10 bits per heavy atom. The van der Waals surface area contributed by atoms with E-state index in [2.05, 4.69) is 4.98 Å². The van der Waals surface area contributed by atoms with Crippen molar-refractivity contribution >= 4 is 22.8 Å². The summed E-state index contributed by atoms with van der Waals surface area (Å²) in [6.45, 7) is -0.296. The van der Waals surface area contributed by atoms with Crippen LogP contribution in [0.25, 0.3) is 16.7 Å². The van der Waals surface area contributed by atoms with E-state index in [1.807, 2.05) is 5.32 Å². The molecule has 2 aromatic heterocycles. The van der Waals surface area contributed by atoms with Gasteiger partial charge >= 0.3 is 6.18 Å². The average Bonchev–Trinajstić information content (AvgIpc) is 3.67. The second-order valence-electron chi connectivity index (χ2n) is 10.0. The number of hydrogen-bond acceptors (Lipinski definition) is 6. The Bertz CT molecular complexity index is 1490. The van der Waals surface area contributed by atoms with Crippen molar-refractivity contribution < 1.29 is 41.4 Å². The first kappa shape index (κ1) is 26.9. The number of carbonyl (C=O) groups is 1. The van der Waals surface area contributed by atoms with Gasteiger partial charge in [0.2, 0.25) is 5.43 Å². The number of amides is 1. The third-order valence-electron chi connectivity index (χ3n) is 7.08. The summed E-state index contributed by atoms with van der Waals surface area (Å²) in [5.41, 5.74) is -3.90. The minimum absolute atomic E-state index is 0.169. The van der Waals surface area contributed by atoms with Crippen LogP contribution in [-0.4, -0.2) is 64.2 Å². The Balaban J connectivity index is 1.65. The summed E-state index contributed by atoms with van der Waals surface area (Å²) in [6.07, 6.45) is -3.64. The van der Waals surface area contributed by atoms with Gasteiger partial charge in [0.05, 0.1) is 24.0 Å². The smallest absolute Gasteiger partial charge is 0.396 e. The maximum Gasteiger partial charge on any atom is 0.408 e. The van der Waals surface area contributed by atoms with Crippen molar-refractivity contribution in [1.29, 1.82) is 0 Å². The van der Waals surface area contributed by atoms with Crippen molar-refractivity contribution in [3.05, 3.63) is 63.7 Å². The summed E-state index contributed by atoms with van der Waals surface area (Å²) in [7, 11) is 0. The number of benzene rings is 1. The van der Waals surface area contributed by atoms with Gasteiger partial charge in [-0.15, -0.1) is 0 Å². The minimum Gasteiger partial charge on any atom is -0.396 e. The van der Waals surface area contributed by atoms with Crippen LogP contribution in [0.3, 0.4) is 0 Å². The first-order valence-electron chi connectivity index (χ1n) is 11.9. The molecule has 1 unspecified atom stereocenters. The number of carbonyl (C=O) groups excluding carboxylic acids is 1. The maximum atomic E-state index is 14.8. The lowest BCUT2D eigenvalue weighted by molar-refractivity contribution is -0.158. The molecule has 208 valence electrons. The maximum absolute atomic E-state index is 14.8. The van der Waals surface area contributed by atoms with Gasteiger partial charge in [0, 0.05) is 31.4 Å². The standard InChI is InChI=1S/C25H22F6N4O4/c26-13-5-16(27)19(17(28)6-13)35-7-15(23(39)33-21(12-1-2-12)25(29,30)31)20(38)14-3-4-18(32-22(14)35)34-8-24(9-34,10-36)11-37/h3-7,12,21,36-37H,1-2,8-11H2,(H,33,39). The van der Waals surface area contributed by atoms with Gasteiger partial charge in [-0.2, -0.15) is 13.2 Å². The van der Waals surface area contributed by atoms with Crippen molar-refractivity contribution in [2.45, 2.75) is 25.1 Å². The number of aliphatic hydroxyl groups is 2. The number of aliphatic hydroxyl groups excluding tert-OH is 2. The van der Waals surface area contributed by atoms with Crippen molar-refractivity contribution in [2.24, 2.45) is 11.3 Å². The number of halogens is 6. The van der Waals surface area contributed by atoms with E-state index in [4.69, 9.17) is 0 Å². The average molecular weight is 556 g/mol. The topological polar surface area (TPSA) is 108 Å². The summed E-state index contributed by atoms with van der Waals surface area (Å²) in [6, 6.07) is 1.08. The molecule has 3 N–H and O–H groups in total. The number of aromatic nitrogens is 2. The highest BCUT2D eigenvalue weighted by Gasteiger charge is 2.50. The molecule has 1 saturated heterocycles. The number of rotatable bonds is 7. The molecule has 14 heteroatoms. The molecule has 2 fully saturated rings. The zero-order valence-corrected chi connectivity index (χ0v) is 20.1. The lowest BCUT2D eigenvalue weighted by Gasteiger charge is -2.48. The number of alkyl halides is 3. The Morgan fingerprint density at radius 2 is 1.72 bits per heavy atom. The molecule has 1 aliphatic heterocycles. The highest BCUT2D eigenvalue weighted by molar-refractivity contribution is 5.97. The number of fused-ring (bicyclic) bond motifs is 1. The SMILES string of the molecule is O=C(NC(C1CC1)C(F)(F)F)c1cn(-c2c(F)cc(F)cc2F)c2nc(N3CC(CO)(CO)C3)ccc2c1=O. The van der Waals surface area contributed by atoms with Crippen LogP contribution in [-0.2, 0) is 0 Å². The molecule has 0 spiro atoms. The third-order valence-corrected chi connectivity index (χ3v) is 7.08. The van der Waals surface area contributed by atoms with Crippen LogP contribution < -0.4 is 15.6 Å². The zero-order valence-electron chi connectivity index (χ0n) is 20.1. The Hall–Kier alpha value is -3.65. The van der Waals surface area contributed by atoms with Crippen LogP contribution in [0.2, 0.25) is 0 Å². The predicted molar refractivity (Wildman–Crippen MR) is 126 cm³/mol. The van der Waals surface area contributed by atoms with Gasteiger partial charge in [-0.1, -0.05) is 0 Å². The van der Waals surface area contributed by atoms with Gasteiger partial charge in [-0.05, 0) is 30.9 Å². The number of hydrogen-bond donors (Lipinski definition) is 3. The van der Waals surface area contributed by atoms with E-state index in [1.54, 1.807) is 4.90 Å². The van der Waals surface area contributed by atoms with Crippen LogP contribution in [0.15, 0.2) is 35.3 Å². The Labute approximate surface area is 216 Å². The second-order valence-corrected chi connectivity index (χ2v) is 10.0. The molecule has 0 radical (unpaired) electrons. The van der Waals surface area contributed by atoms with E-state index in [0.29, 0.717) is 22.9 Å². The Kier molecular flexibility index (Phi) is 6.58.